The number of alkyl halides is 6. The summed E-state index contributed by atoms with van der Waals surface area (Å²) in [6.07, 6.45) is -7.35. The molecule has 0 radical (unpaired) electrons. The number of nitrogens with one attached hydrogen (secondary N) is 2. The van der Waals surface area contributed by atoms with Crippen LogP contribution < -0.4 is 10.6 Å². The van der Waals surface area contributed by atoms with Crippen molar-refractivity contribution in [3.8, 4) is 0 Å². The van der Waals surface area contributed by atoms with Gasteiger partial charge in [-0.25, -0.2) is 9.59 Å². The molecule has 14 heteroatoms. The van der Waals surface area contributed by atoms with Crippen molar-refractivity contribution in [2.45, 2.75) is 57.0 Å². The first-order valence-corrected chi connectivity index (χ1v) is 12.3. The van der Waals surface area contributed by atoms with Gasteiger partial charge in [0.05, 0.1) is 24.8 Å². The molecule has 2 N–H and O–H groups in total. The van der Waals surface area contributed by atoms with Gasteiger partial charge in [-0.2, -0.15) is 26.3 Å². The van der Waals surface area contributed by atoms with Gasteiger partial charge in [0.25, 0.3) is 5.91 Å². The zero-order chi connectivity index (χ0) is 28.3. The van der Waals surface area contributed by atoms with Gasteiger partial charge < -0.3 is 20.1 Å². The molecule has 0 bridgehead atoms. The van der Waals surface area contributed by atoms with Crippen LogP contribution in [0.5, 0.6) is 0 Å². The van der Waals surface area contributed by atoms with E-state index >= 15 is 0 Å². The number of thiophene rings is 1. The molecule has 1 amide bonds. The molecule has 0 saturated heterocycles. The summed E-state index contributed by atoms with van der Waals surface area (Å²) in [5, 5.41) is 3.11. The second kappa shape index (κ2) is 11.2. The minimum Gasteiger partial charge on any atom is -0.465 e. The molecule has 1 heterocycles. The molecular formula is C24H24F6N2O5S. The Morgan fingerprint density at radius 3 is 2.32 bits per heavy atom. The Hall–Kier alpha value is -3.29. The van der Waals surface area contributed by atoms with E-state index in [0.29, 0.717) is 41.8 Å². The summed E-state index contributed by atoms with van der Waals surface area (Å²) in [7, 11) is 1.05. The molecule has 208 valence electrons. The van der Waals surface area contributed by atoms with Crippen molar-refractivity contribution >= 4 is 34.2 Å². The number of aryl methyl sites for hydroxylation is 1. The number of fused-ring (bicyclic) bond motifs is 1. The van der Waals surface area contributed by atoms with Crippen LogP contribution in [-0.2, 0) is 33.3 Å². The maximum absolute atomic E-state index is 14.7. The largest absolute Gasteiger partial charge is 0.465 e. The highest BCUT2D eigenvalue weighted by Crippen LogP contribution is 2.42. The first kappa shape index (κ1) is 29.3. The SMILES string of the molecule is CCOC(=O)[C@](NC(=O)c1cccc(C(F)(F)F)c1)(Nc1sc2c(c1C(=O)OC)CCCCC2)C(F)(F)F. The predicted octanol–water partition coefficient (Wildman–Crippen LogP) is 5.49. The molecule has 1 aromatic heterocycles. The number of halogens is 6. The highest BCUT2D eigenvalue weighted by molar-refractivity contribution is 7.16. The van der Waals surface area contributed by atoms with Crippen molar-refractivity contribution < 1.29 is 50.2 Å². The number of carbonyl (C=O) groups is 3. The third kappa shape index (κ3) is 5.89. The number of carbonyl (C=O) groups excluding carboxylic acids is 3. The van der Waals surface area contributed by atoms with Crippen molar-refractivity contribution in [2.75, 3.05) is 19.0 Å². The van der Waals surface area contributed by atoms with E-state index < -0.39 is 58.6 Å². The summed E-state index contributed by atoms with van der Waals surface area (Å²) in [5.41, 5.74) is -5.73. The van der Waals surface area contributed by atoms with Gasteiger partial charge in [-0.3, -0.25) is 4.79 Å². The smallest absolute Gasteiger partial charge is 0.441 e. The number of hydrogen-bond acceptors (Lipinski definition) is 7. The van der Waals surface area contributed by atoms with Gasteiger partial charge in [0.15, 0.2) is 0 Å². The molecular weight excluding hydrogens is 542 g/mol. The lowest BCUT2D eigenvalue weighted by Gasteiger charge is -2.35. The molecule has 0 unspecified atom stereocenters. The molecule has 38 heavy (non-hydrogen) atoms. The van der Waals surface area contributed by atoms with Gasteiger partial charge in [0.2, 0.25) is 0 Å². The van der Waals surface area contributed by atoms with Gasteiger partial charge in [-0.1, -0.05) is 12.5 Å². The fourth-order valence-electron chi connectivity index (χ4n) is 4.03. The van der Waals surface area contributed by atoms with Crippen LogP contribution in [0.25, 0.3) is 0 Å². The molecule has 1 aliphatic carbocycles. The monoisotopic (exact) mass is 566 g/mol. The van der Waals surface area contributed by atoms with Gasteiger partial charge in [0, 0.05) is 10.4 Å². The summed E-state index contributed by atoms with van der Waals surface area (Å²) < 4.78 is 92.8. The Morgan fingerprint density at radius 2 is 1.71 bits per heavy atom. The maximum Gasteiger partial charge on any atom is 0.441 e. The summed E-state index contributed by atoms with van der Waals surface area (Å²) in [6, 6.07) is 2.70. The Bertz CT molecular complexity index is 1210. The standard InChI is InChI=1S/C24H24F6N2O5S/c1-3-37-21(35)22(24(28,29)30,31-18(33)13-8-7-9-14(12-13)23(25,26)27)32-19-17(20(34)36-2)15-10-5-4-6-11-16(15)38-19/h7-9,12,32H,3-6,10-11H2,1-2H3,(H,31,33)/t22-/m0/s1. The quantitative estimate of drug-likeness (QED) is 0.199. The molecule has 0 aliphatic heterocycles. The topological polar surface area (TPSA) is 93.7 Å². The molecule has 0 fully saturated rings. The average Bonchev–Trinajstić information content (AvgIpc) is 3.01. The van der Waals surface area contributed by atoms with Crippen LogP contribution in [0.1, 0.15) is 62.9 Å². The third-order valence-corrected chi connectivity index (χ3v) is 7.08. The van der Waals surface area contributed by atoms with Crippen molar-refractivity contribution in [3.05, 3.63) is 51.4 Å². The number of rotatable bonds is 7. The number of methoxy groups -OCH3 is 1. The fourth-order valence-corrected chi connectivity index (χ4v) is 5.36. The highest BCUT2D eigenvalue weighted by atomic mass is 32.1. The maximum atomic E-state index is 14.7. The first-order valence-electron chi connectivity index (χ1n) is 11.5. The molecule has 1 aromatic carbocycles. The van der Waals surface area contributed by atoms with Crippen LogP contribution in [0.15, 0.2) is 24.3 Å². The van der Waals surface area contributed by atoms with Crippen LogP contribution in [-0.4, -0.2) is 43.4 Å². The molecule has 1 aliphatic rings. The molecule has 0 saturated carbocycles. The average molecular weight is 567 g/mol. The Kier molecular flexibility index (Phi) is 8.64. The number of benzene rings is 1. The minimum atomic E-state index is -5.56. The van der Waals surface area contributed by atoms with Crippen LogP contribution in [0.4, 0.5) is 31.3 Å². The van der Waals surface area contributed by atoms with Crippen LogP contribution in [0, 0.1) is 0 Å². The number of anilines is 1. The van der Waals surface area contributed by atoms with E-state index in [9.17, 15) is 40.7 Å². The van der Waals surface area contributed by atoms with Crippen molar-refractivity contribution in [3.63, 3.8) is 0 Å². The third-order valence-electron chi connectivity index (χ3n) is 5.87. The van der Waals surface area contributed by atoms with Crippen LogP contribution in [0.3, 0.4) is 0 Å². The minimum absolute atomic E-state index is 0.208. The van der Waals surface area contributed by atoms with E-state index in [1.165, 1.54) is 12.2 Å². The highest BCUT2D eigenvalue weighted by Gasteiger charge is 2.64. The predicted molar refractivity (Wildman–Crippen MR) is 125 cm³/mol. The van der Waals surface area contributed by atoms with E-state index in [1.807, 2.05) is 5.32 Å². The number of ether oxygens (including phenoxy) is 2. The lowest BCUT2D eigenvalue weighted by molar-refractivity contribution is -0.204. The van der Waals surface area contributed by atoms with Crippen molar-refractivity contribution in [1.29, 1.82) is 0 Å². The molecule has 7 nitrogen and oxygen atoms in total. The van der Waals surface area contributed by atoms with E-state index in [1.54, 1.807) is 0 Å². The van der Waals surface area contributed by atoms with Gasteiger partial charge in [-0.15, -0.1) is 11.3 Å². The van der Waals surface area contributed by atoms with Gasteiger partial charge >= 0.3 is 30.0 Å². The summed E-state index contributed by atoms with van der Waals surface area (Å²) >= 11 is 0.806. The van der Waals surface area contributed by atoms with Gasteiger partial charge in [0.1, 0.15) is 5.00 Å². The van der Waals surface area contributed by atoms with Crippen LogP contribution in [0.2, 0.25) is 0 Å². The number of amides is 1. The van der Waals surface area contributed by atoms with E-state index in [2.05, 4.69) is 4.74 Å². The zero-order valence-electron chi connectivity index (χ0n) is 20.3. The van der Waals surface area contributed by atoms with Crippen molar-refractivity contribution in [2.24, 2.45) is 0 Å². The Morgan fingerprint density at radius 1 is 1.03 bits per heavy atom. The second-order valence-corrected chi connectivity index (χ2v) is 9.49. The molecule has 2 aromatic rings. The van der Waals surface area contributed by atoms with E-state index in [4.69, 9.17) is 4.74 Å². The summed E-state index contributed by atoms with van der Waals surface area (Å²) in [4.78, 5) is 39.0. The summed E-state index contributed by atoms with van der Waals surface area (Å²) in [5.74, 6) is -4.55. The second-order valence-electron chi connectivity index (χ2n) is 8.39. The lowest BCUT2D eigenvalue weighted by atomic mass is 10.0. The molecule has 3 rings (SSSR count). The fraction of sp³-hybridized carbons (Fsp3) is 0.458. The van der Waals surface area contributed by atoms with Crippen LogP contribution >= 0.6 is 11.3 Å². The first-order chi connectivity index (χ1) is 17.7. The molecule has 1 atom stereocenters. The van der Waals surface area contributed by atoms with E-state index in [0.717, 1.165) is 43.4 Å². The van der Waals surface area contributed by atoms with Crippen molar-refractivity contribution in [1.82, 2.24) is 5.32 Å². The number of hydrogen-bond donors (Lipinski definition) is 2. The zero-order valence-corrected chi connectivity index (χ0v) is 21.1. The Balaban J connectivity index is 2.15. The Labute approximate surface area is 217 Å². The lowest BCUT2D eigenvalue weighted by Crippen LogP contribution is -2.69. The van der Waals surface area contributed by atoms with E-state index in [-0.39, 0.29) is 5.56 Å². The number of esters is 2. The van der Waals surface area contributed by atoms with Gasteiger partial charge in [-0.05, 0) is 56.4 Å². The molecule has 0 spiro atoms. The normalized spacial score (nSPS) is 15.5. The summed E-state index contributed by atoms with van der Waals surface area (Å²) in [6.45, 7) is 0.726.